The van der Waals surface area contributed by atoms with Crippen molar-refractivity contribution in [3.63, 3.8) is 0 Å². The van der Waals surface area contributed by atoms with Crippen LogP contribution < -0.4 is 108 Å². The number of thiocarbonyl (C=S) groups is 1. The van der Waals surface area contributed by atoms with E-state index in [1.54, 1.807) is 6.29 Å². The number of para-hydroxylation sites is 1. The molecule has 23 heavy (non-hydrogen) atoms. The Kier molecular flexibility index (Phi) is 28.0. The summed E-state index contributed by atoms with van der Waals surface area (Å²) in [6.07, 6.45) is 8.28. The van der Waals surface area contributed by atoms with E-state index < -0.39 is 0 Å². The van der Waals surface area contributed by atoms with Crippen LogP contribution in [0.15, 0.2) is 30.3 Å². The summed E-state index contributed by atoms with van der Waals surface area (Å²) in [5, 5.41) is 0. The van der Waals surface area contributed by atoms with Crippen molar-refractivity contribution < 1.29 is 117 Å². The molecular weight excluding hydrogens is 362 g/mol. The molecule has 1 atom stereocenters. The van der Waals surface area contributed by atoms with Gasteiger partial charge in [-0.05, 0) is 25.4 Å². The van der Waals surface area contributed by atoms with Gasteiger partial charge in [-0.2, -0.15) is 0 Å². The number of allylic oxidation sites excluding steroid dienone is 1. The fourth-order valence-corrected chi connectivity index (χ4v) is 1.62. The van der Waals surface area contributed by atoms with E-state index in [1.807, 2.05) is 31.2 Å². The summed E-state index contributed by atoms with van der Waals surface area (Å²) in [6, 6.07) is 7.41. The number of rotatable bonds is 4. The number of benzene rings is 1. The van der Waals surface area contributed by atoms with Gasteiger partial charge < -0.3 is 39.3 Å². The van der Waals surface area contributed by atoms with Crippen molar-refractivity contribution in [2.24, 2.45) is 0 Å². The second kappa shape index (κ2) is 21.8. The van der Waals surface area contributed by atoms with E-state index in [4.69, 9.17) is 9.47 Å². The van der Waals surface area contributed by atoms with E-state index >= 15 is 0 Å². The monoisotopic (exact) mass is 382 g/mol. The molecule has 1 aliphatic rings. The molecule has 0 aliphatic carbocycles. The van der Waals surface area contributed by atoms with E-state index in [1.165, 1.54) is 12.5 Å². The zero-order valence-corrected chi connectivity index (χ0v) is 21.3. The maximum atomic E-state index is 9.96. The Bertz CT molecular complexity index is 422. The van der Waals surface area contributed by atoms with Gasteiger partial charge in [0.1, 0.15) is 0 Å². The average molecular weight is 383 g/mol. The smallest absolute Gasteiger partial charge is 0.580 e. The first-order valence-corrected chi connectivity index (χ1v) is 7.11. The Labute approximate surface area is 230 Å². The second-order valence-electron chi connectivity index (χ2n) is 3.97. The molecule has 1 unspecified atom stereocenters. The van der Waals surface area contributed by atoms with Gasteiger partial charge in [0.05, 0.1) is 6.61 Å². The summed E-state index contributed by atoms with van der Waals surface area (Å²) in [6.45, 7) is 7.15. The van der Waals surface area contributed by atoms with Crippen molar-refractivity contribution in [1.82, 2.24) is 0 Å². The van der Waals surface area contributed by atoms with Crippen molar-refractivity contribution in [2.75, 3.05) is 13.2 Å². The van der Waals surface area contributed by atoms with E-state index in [-0.39, 0.29) is 103 Å². The zero-order chi connectivity index (χ0) is 15.9. The molecule has 1 aliphatic heterocycles. The van der Waals surface area contributed by atoms with Crippen LogP contribution in [-0.2, 0) is 9.53 Å². The van der Waals surface area contributed by atoms with E-state index in [0.29, 0.717) is 12.7 Å². The Morgan fingerprint density at radius 2 is 2.09 bits per heavy atom. The van der Waals surface area contributed by atoms with Crippen molar-refractivity contribution >= 4 is 24.4 Å². The minimum Gasteiger partial charge on any atom is -0.580 e. The molecule has 0 spiro atoms. The molecule has 0 bridgehead atoms. The van der Waals surface area contributed by atoms with Crippen molar-refractivity contribution in [3.8, 4) is 5.75 Å². The predicted octanol–water partition coefficient (Wildman–Crippen LogP) is -2.60. The van der Waals surface area contributed by atoms with Crippen LogP contribution in [0.4, 0.5) is 0 Å². The topological polar surface area (TPSA) is 35.5 Å². The van der Waals surface area contributed by atoms with E-state index in [2.05, 4.69) is 31.1 Å². The predicted molar refractivity (Wildman–Crippen MR) is 88.2 cm³/mol. The molecular formula is C17H20K2O3S-2. The molecule has 1 aromatic carbocycles. The SMILES string of the molecule is CCOc1ccccc1[C-]=C[C-]=O.[CH-]=S.[CH2-]C1CCCO1.[K+].[K+]. The molecule has 0 aromatic heterocycles. The van der Waals surface area contributed by atoms with Crippen molar-refractivity contribution in [3.05, 3.63) is 48.9 Å². The van der Waals surface area contributed by atoms with Crippen LogP contribution in [-0.4, -0.2) is 31.5 Å². The molecule has 0 radical (unpaired) electrons. The van der Waals surface area contributed by atoms with Gasteiger partial charge in [-0.1, -0.05) is 18.6 Å². The first-order chi connectivity index (χ1) is 10.3. The van der Waals surface area contributed by atoms with Gasteiger partial charge >= 0.3 is 103 Å². The van der Waals surface area contributed by atoms with E-state index in [0.717, 1.165) is 24.3 Å². The largest absolute Gasteiger partial charge is 1.00 e. The van der Waals surface area contributed by atoms with Gasteiger partial charge in [-0.3, -0.25) is 6.08 Å². The Morgan fingerprint density at radius 3 is 2.52 bits per heavy atom. The molecule has 0 N–H and O–H groups in total. The molecule has 1 aromatic rings. The van der Waals surface area contributed by atoms with Gasteiger partial charge in [0, 0.05) is 6.61 Å². The maximum absolute atomic E-state index is 9.96. The summed E-state index contributed by atoms with van der Waals surface area (Å²) in [4.78, 5) is 9.96. The third kappa shape index (κ3) is 15.7. The van der Waals surface area contributed by atoms with Crippen LogP contribution in [0.1, 0.15) is 25.3 Å². The third-order valence-corrected chi connectivity index (χ3v) is 2.50. The van der Waals surface area contributed by atoms with Gasteiger partial charge in [-0.25, -0.2) is 17.7 Å². The first-order valence-electron chi connectivity index (χ1n) is 6.64. The molecule has 0 amide bonds. The normalized spacial score (nSPS) is 15.0. The van der Waals surface area contributed by atoms with Crippen LogP contribution in [0.3, 0.4) is 0 Å². The average Bonchev–Trinajstić information content (AvgIpc) is 3.00. The molecule has 2 rings (SSSR count). The Morgan fingerprint density at radius 1 is 1.43 bits per heavy atom. The molecule has 116 valence electrons. The maximum Gasteiger partial charge on any atom is 1.00 e. The summed E-state index contributed by atoms with van der Waals surface area (Å²) >= 11 is 3.58. The first kappa shape index (κ1) is 29.5. The molecule has 1 fully saturated rings. The molecule has 3 nitrogen and oxygen atoms in total. The summed E-state index contributed by atoms with van der Waals surface area (Å²) in [7, 11) is 0. The summed E-state index contributed by atoms with van der Waals surface area (Å²) < 4.78 is 10.4. The van der Waals surface area contributed by atoms with Crippen molar-refractivity contribution in [1.29, 1.82) is 0 Å². The van der Waals surface area contributed by atoms with Gasteiger partial charge in [0.2, 0.25) is 0 Å². The minimum atomic E-state index is 0. The zero-order valence-electron chi connectivity index (χ0n) is 14.2. The van der Waals surface area contributed by atoms with Gasteiger partial charge in [-0.15, -0.1) is 12.1 Å². The number of ether oxygens (including phenoxy) is 2. The van der Waals surface area contributed by atoms with Crippen LogP contribution >= 0.6 is 12.2 Å². The second-order valence-corrected chi connectivity index (χ2v) is 3.97. The van der Waals surface area contributed by atoms with Crippen LogP contribution in [0.5, 0.6) is 5.75 Å². The fourth-order valence-electron chi connectivity index (χ4n) is 1.62. The van der Waals surface area contributed by atoms with Crippen LogP contribution in [0.2, 0.25) is 0 Å². The standard InChI is InChI=1S/C11H10O2.C5H9O.CHS.2K/c1-2-13-11-8-4-3-6-10(11)7-5-9-12;1-5-3-2-4-6-5;1-2;;/h3-6,8H,2H2,1H3;5H,1-4H2;1H;;/q-2;2*-1;2*+1. The van der Waals surface area contributed by atoms with Gasteiger partial charge in [0.25, 0.3) is 0 Å². The number of carbonyl (C=O) groups excluding carboxylic acids is 1. The molecule has 0 saturated carbocycles. The molecule has 1 heterocycles. The van der Waals surface area contributed by atoms with Crippen LogP contribution in [0.25, 0.3) is 0 Å². The minimum absolute atomic E-state index is 0. The Balaban J connectivity index is -0.000000340. The quantitative estimate of drug-likeness (QED) is 0.248. The number of hydrogen-bond donors (Lipinski definition) is 0. The van der Waals surface area contributed by atoms with Crippen molar-refractivity contribution in [2.45, 2.75) is 25.9 Å². The Hall–Kier alpha value is 1.75. The van der Waals surface area contributed by atoms with Crippen LogP contribution in [0, 0.1) is 13.0 Å². The number of hydrogen-bond acceptors (Lipinski definition) is 4. The molecule has 6 heteroatoms. The summed E-state index contributed by atoms with van der Waals surface area (Å²) in [5.74, 6) is 4.82. The van der Waals surface area contributed by atoms with E-state index in [9.17, 15) is 4.79 Å². The van der Waals surface area contributed by atoms with Gasteiger partial charge in [0.15, 0.2) is 0 Å². The third-order valence-electron chi connectivity index (χ3n) is 2.50. The fraction of sp³-hybridized carbons (Fsp3) is 0.353. The molecule has 1 saturated heterocycles. The summed E-state index contributed by atoms with van der Waals surface area (Å²) in [5.41, 5.74) is 0.771.